The zero-order valence-electron chi connectivity index (χ0n) is 19.6. The number of rotatable bonds is 7. The first-order chi connectivity index (χ1) is 16.1. The van der Waals surface area contributed by atoms with Gasteiger partial charge in [-0.15, -0.1) is 0 Å². The SMILES string of the molecule is Cc1nc([C@H]2CCCN2Cc2cnn(C)c2)nc2c1CCC(=O)N2CCCc1ccccc1. The standard InChI is InChI=1S/C26H32N6O/c1-19-22-12-13-24(33)32(15-6-10-20-8-4-3-5-9-20)26(22)29-25(28-19)23-11-7-14-31(23)18-21-16-27-30(2)17-21/h3-5,8-9,16-17,23H,6-7,10-15,18H2,1-2H3/t23-/m1/s1. The number of hydrogen-bond donors (Lipinski definition) is 0. The monoisotopic (exact) mass is 444 g/mol. The summed E-state index contributed by atoms with van der Waals surface area (Å²) in [7, 11) is 1.95. The first-order valence-electron chi connectivity index (χ1n) is 12.0. The molecular formula is C26H32N6O. The molecule has 4 heterocycles. The van der Waals surface area contributed by atoms with Crippen molar-refractivity contribution in [1.82, 2.24) is 24.6 Å². The summed E-state index contributed by atoms with van der Waals surface area (Å²) in [5.74, 6) is 1.88. The molecule has 7 heteroatoms. The topological polar surface area (TPSA) is 67.2 Å². The molecular weight excluding hydrogens is 412 g/mol. The Hall–Kier alpha value is -3.06. The van der Waals surface area contributed by atoms with Crippen LogP contribution >= 0.6 is 0 Å². The van der Waals surface area contributed by atoms with Crippen molar-refractivity contribution in [2.24, 2.45) is 7.05 Å². The number of hydrogen-bond acceptors (Lipinski definition) is 5. The Labute approximate surface area is 195 Å². The summed E-state index contributed by atoms with van der Waals surface area (Å²) in [5.41, 5.74) is 4.66. The second-order valence-electron chi connectivity index (χ2n) is 9.25. The van der Waals surface area contributed by atoms with E-state index >= 15 is 0 Å². The van der Waals surface area contributed by atoms with Gasteiger partial charge >= 0.3 is 0 Å². The Kier molecular flexibility index (Phi) is 6.22. The van der Waals surface area contributed by atoms with E-state index in [0.29, 0.717) is 13.0 Å². The van der Waals surface area contributed by atoms with Crippen molar-refractivity contribution in [1.29, 1.82) is 0 Å². The van der Waals surface area contributed by atoms with E-state index in [4.69, 9.17) is 9.97 Å². The Balaban J connectivity index is 1.37. The molecule has 1 aromatic carbocycles. The van der Waals surface area contributed by atoms with Crippen molar-refractivity contribution < 1.29 is 4.79 Å². The molecule has 0 unspecified atom stereocenters. The van der Waals surface area contributed by atoms with Gasteiger partial charge in [0, 0.05) is 49.6 Å². The highest BCUT2D eigenvalue weighted by Gasteiger charge is 2.33. The normalized spacial score (nSPS) is 18.7. The van der Waals surface area contributed by atoms with E-state index < -0.39 is 0 Å². The van der Waals surface area contributed by atoms with E-state index in [0.717, 1.165) is 68.1 Å². The van der Waals surface area contributed by atoms with Gasteiger partial charge in [0.25, 0.3) is 0 Å². The van der Waals surface area contributed by atoms with Crippen LogP contribution in [0.2, 0.25) is 0 Å². The van der Waals surface area contributed by atoms with Crippen molar-refractivity contribution in [3.05, 3.63) is 70.9 Å². The van der Waals surface area contributed by atoms with Gasteiger partial charge in [0.05, 0.1) is 12.2 Å². The summed E-state index contributed by atoms with van der Waals surface area (Å²) in [5, 5.41) is 4.31. The Morgan fingerprint density at radius 3 is 2.73 bits per heavy atom. The van der Waals surface area contributed by atoms with Gasteiger partial charge in [-0.05, 0) is 51.1 Å². The van der Waals surface area contributed by atoms with Gasteiger partial charge < -0.3 is 0 Å². The first kappa shape index (κ1) is 21.8. The molecule has 0 bridgehead atoms. The number of carbonyl (C=O) groups excluding carboxylic acids is 1. The van der Waals surface area contributed by atoms with Crippen molar-refractivity contribution in [3.8, 4) is 0 Å². The highest BCUT2D eigenvalue weighted by molar-refractivity contribution is 5.95. The van der Waals surface area contributed by atoms with Crippen molar-refractivity contribution in [2.75, 3.05) is 18.0 Å². The number of benzene rings is 1. The van der Waals surface area contributed by atoms with E-state index in [1.54, 1.807) is 0 Å². The molecule has 1 saturated heterocycles. The lowest BCUT2D eigenvalue weighted by atomic mass is 10.0. The van der Waals surface area contributed by atoms with Crippen LogP contribution < -0.4 is 4.90 Å². The fourth-order valence-corrected chi connectivity index (χ4v) is 5.16. The minimum Gasteiger partial charge on any atom is -0.296 e. The van der Waals surface area contributed by atoms with Crippen LogP contribution in [0.15, 0.2) is 42.7 Å². The van der Waals surface area contributed by atoms with Crippen molar-refractivity contribution in [2.45, 2.75) is 58.0 Å². The fourth-order valence-electron chi connectivity index (χ4n) is 5.16. The lowest BCUT2D eigenvalue weighted by molar-refractivity contribution is -0.119. The summed E-state index contributed by atoms with van der Waals surface area (Å²) >= 11 is 0. The maximum atomic E-state index is 12.9. The maximum absolute atomic E-state index is 12.9. The Morgan fingerprint density at radius 1 is 1.09 bits per heavy atom. The van der Waals surface area contributed by atoms with Crippen molar-refractivity contribution >= 4 is 11.7 Å². The summed E-state index contributed by atoms with van der Waals surface area (Å²) in [6.07, 6.45) is 9.33. The number of anilines is 1. The molecule has 0 N–H and O–H groups in total. The van der Waals surface area contributed by atoms with Gasteiger partial charge in [0.1, 0.15) is 11.6 Å². The number of likely N-dealkylation sites (tertiary alicyclic amines) is 1. The second kappa shape index (κ2) is 9.43. The van der Waals surface area contributed by atoms with Gasteiger partial charge in [-0.25, -0.2) is 9.97 Å². The molecule has 0 spiro atoms. The third-order valence-electron chi connectivity index (χ3n) is 6.85. The molecule has 33 heavy (non-hydrogen) atoms. The summed E-state index contributed by atoms with van der Waals surface area (Å²) in [6.45, 7) is 4.64. The highest BCUT2D eigenvalue weighted by Crippen LogP contribution is 2.35. The second-order valence-corrected chi connectivity index (χ2v) is 9.25. The highest BCUT2D eigenvalue weighted by atomic mass is 16.2. The van der Waals surface area contributed by atoms with Gasteiger partial charge in [-0.2, -0.15) is 5.10 Å². The predicted octanol–water partition coefficient (Wildman–Crippen LogP) is 3.77. The quantitative estimate of drug-likeness (QED) is 0.555. The van der Waals surface area contributed by atoms with Crippen LogP contribution in [-0.4, -0.2) is 43.6 Å². The summed E-state index contributed by atoms with van der Waals surface area (Å²) in [6, 6.07) is 10.6. The molecule has 2 aliphatic heterocycles. The molecule has 2 aliphatic rings. The smallest absolute Gasteiger partial charge is 0.228 e. The average Bonchev–Trinajstić information content (AvgIpc) is 3.45. The van der Waals surface area contributed by atoms with Gasteiger partial charge in [0.2, 0.25) is 5.91 Å². The summed E-state index contributed by atoms with van der Waals surface area (Å²) < 4.78 is 1.85. The number of aryl methyl sites for hydroxylation is 3. The average molecular weight is 445 g/mol. The largest absolute Gasteiger partial charge is 0.296 e. The van der Waals surface area contributed by atoms with Gasteiger partial charge in [-0.3, -0.25) is 19.3 Å². The van der Waals surface area contributed by atoms with Crippen LogP contribution in [0.25, 0.3) is 0 Å². The third-order valence-corrected chi connectivity index (χ3v) is 6.85. The van der Waals surface area contributed by atoms with Crippen LogP contribution in [-0.2, 0) is 31.2 Å². The molecule has 1 fully saturated rings. The zero-order chi connectivity index (χ0) is 22.8. The number of aromatic nitrogens is 4. The number of amides is 1. The van der Waals surface area contributed by atoms with Crippen LogP contribution in [0.3, 0.4) is 0 Å². The van der Waals surface area contributed by atoms with Gasteiger partial charge in [0.15, 0.2) is 0 Å². The lowest BCUT2D eigenvalue weighted by Crippen LogP contribution is -2.38. The molecule has 1 amide bonds. The minimum atomic E-state index is 0.178. The first-order valence-corrected chi connectivity index (χ1v) is 12.0. The number of nitrogens with zero attached hydrogens (tertiary/aromatic N) is 6. The van der Waals surface area contributed by atoms with Crippen LogP contribution in [0.4, 0.5) is 5.82 Å². The van der Waals surface area contributed by atoms with E-state index in [1.165, 1.54) is 11.1 Å². The van der Waals surface area contributed by atoms with E-state index in [1.807, 2.05) is 28.9 Å². The van der Waals surface area contributed by atoms with Gasteiger partial charge in [-0.1, -0.05) is 30.3 Å². The minimum absolute atomic E-state index is 0.178. The number of carbonyl (C=O) groups is 1. The Morgan fingerprint density at radius 2 is 1.94 bits per heavy atom. The van der Waals surface area contributed by atoms with Crippen LogP contribution in [0.5, 0.6) is 0 Å². The molecule has 7 nitrogen and oxygen atoms in total. The van der Waals surface area contributed by atoms with E-state index in [-0.39, 0.29) is 11.9 Å². The van der Waals surface area contributed by atoms with Crippen molar-refractivity contribution in [3.63, 3.8) is 0 Å². The lowest BCUT2D eigenvalue weighted by Gasteiger charge is -2.31. The predicted molar refractivity (Wildman–Crippen MR) is 128 cm³/mol. The van der Waals surface area contributed by atoms with Crippen LogP contribution in [0, 0.1) is 6.92 Å². The van der Waals surface area contributed by atoms with E-state index in [2.05, 4.69) is 47.4 Å². The molecule has 0 saturated carbocycles. The maximum Gasteiger partial charge on any atom is 0.228 e. The molecule has 2 aromatic heterocycles. The molecule has 3 aromatic rings. The number of fused-ring (bicyclic) bond motifs is 1. The van der Waals surface area contributed by atoms with Crippen LogP contribution in [0.1, 0.15) is 59.9 Å². The fraction of sp³-hybridized carbons (Fsp3) is 0.462. The summed E-state index contributed by atoms with van der Waals surface area (Å²) in [4.78, 5) is 27.2. The van der Waals surface area contributed by atoms with E-state index in [9.17, 15) is 4.79 Å². The third kappa shape index (κ3) is 4.69. The Bertz CT molecular complexity index is 1130. The molecule has 5 rings (SSSR count). The molecule has 172 valence electrons. The molecule has 0 radical (unpaired) electrons. The molecule has 0 aliphatic carbocycles. The zero-order valence-corrected chi connectivity index (χ0v) is 19.6. The molecule has 1 atom stereocenters.